The van der Waals surface area contributed by atoms with E-state index in [-0.39, 0.29) is 102 Å². The first-order chi connectivity index (χ1) is 28.8. The Morgan fingerprint density at radius 2 is 1.08 bits per heavy atom. The zero-order valence-electron chi connectivity index (χ0n) is 33.6. The third-order valence-electron chi connectivity index (χ3n) is 9.30. The van der Waals surface area contributed by atoms with Crippen LogP contribution in [-0.4, -0.2) is 189 Å². The fourth-order valence-electron chi connectivity index (χ4n) is 5.89. The molecule has 21 nitrogen and oxygen atoms in total. The maximum Gasteiger partial charge on any atom is 0.258 e. The summed E-state index contributed by atoms with van der Waals surface area (Å²) in [5.74, 6) is -0.543. The van der Waals surface area contributed by atoms with Gasteiger partial charge >= 0.3 is 0 Å². The van der Waals surface area contributed by atoms with Crippen LogP contribution in [0.2, 0.25) is 0 Å². The Kier molecular flexibility index (Phi) is 20.3. The Morgan fingerprint density at radius 3 is 1.58 bits per heavy atom. The molecule has 2 saturated heterocycles. The molecular formula is C39H58N4O17. The summed E-state index contributed by atoms with van der Waals surface area (Å²) in [6.45, 7) is 3.96. The Morgan fingerprint density at radius 1 is 0.583 bits per heavy atom. The molecule has 2 heterocycles. The van der Waals surface area contributed by atoms with Crippen molar-refractivity contribution in [2.45, 2.75) is 75.3 Å². The molecule has 2 aliphatic heterocycles. The predicted octanol–water partition coefficient (Wildman–Crippen LogP) is -3.25. The highest BCUT2D eigenvalue weighted by atomic mass is 16.7. The maximum atomic E-state index is 12.9. The number of amides is 3. The van der Waals surface area contributed by atoms with Crippen LogP contribution in [-0.2, 0) is 38.0 Å². The fraction of sp³-hybridized carbons (Fsp3) is 0.615. The van der Waals surface area contributed by atoms with Crippen LogP contribution in [0.3, 0.4) is 0 Å². The van der Waals surface area contributed by atoms with E-state index in [2.05, 4.69) is 16.0 Å². The molecule has 0 saturated carbocycles. The number of aliphatic hydroxyl groups excluding tert-OH is 6. The Bertz CT molecular complexity index is 1620. The van der Waals surface area contributed by atoms with E-state index in [4.69, 9.17) is 43.6 Å². The Hall–Kier alpha value is -4.07. The van der Waals surface area contributed by atoms with Gasteiger partial charge in [0.05, 0.1) is 51.8 Å². The molecule has 3 amide bonds. The minimum absolute atomic E-state index is 0.0305. The molecule has 10 atom stereocenters. The zero-order chi connectivity index (χ0) is 43.6. The van der Waals surface area contributed by atoms with Crippen molar-refractivity contribution in [1.29, 1.82) is 0 Å². The molecule has 0 radical (unpaired) electrons. The van der Waals surface area contributed by atoms with Crippen LogP contribution in [0.4, 0.5) is 0 Å². The first-order valence-electron chi connectivity index (χ1n) is 19.6. The van der Waals surface area contributed by atoms with Gasteiger partial charge in [-0.2, -0.15) is 0 Å². The van der Waals surface area contributed by atoms with Gasteiger partial charge in [-0.1, -0.05) is 12.1 Å². The zero-order valence-corrected chi connectivity index (χ0v) is 33.6. The number of hydrogen-bond donors (Lipinski definition) is 10. The molecule has 2 aromatic rings. The molecule has 336 valence electrons. The fourth-order valence-corrected chi connectivity index (χ4v) is 5.89. The number of nitrogens with two attached hydrogens (primary N) is 1. The first-order valence-corrected chi connectivity index (χ1v) is 19.6. The maximum absolute atomic E-state index is 12.9. The third kappa shape index (κ3) is 15.1. The van der Waals surface area contributed by atoms with Gasteiger partial charge in [0.1, 0.15) is 48.1 Å². The highest BCUT2D eigenvalue weighted by molar-refractivity contribution is 5.96. The molecule has 0 unspecified atom stereocenters. The van der Waals surface area contributed by atoms with Crippen LogP contribution < -0.4 is 31.2 Å². The average Bonchev–Trinajstić information content (AvgIpc) is 3.25. The quantitative estimate of drug-likeness (QED) is 0.0464. The summed E-state index contributed by atoms with van der Waals surface area (Å²) in [4.78, 5) is 37.7. The van der Waals surface area contributed by atoms with E-state index >= 15 is 0 Å². The summed E-state index contributed by atoms with van der Waals surface area (Å²) < 4.78 is 43.7. The van der Waals surface area contributed by atoms with Gasteiger partial charge < -0.3 is 90.2 Å². The van der Waals surface area contributed by atoms with Gasteiger partial charge in [0.2, 0.25) is 0 Å². The average molecular weight is 855 g/mol. The standard InChI is InChI=1S/C39H58N4O17/c1-22-31(46)33(48)35(50)38(59-22)55-15-13-53-11-9-41-29(44)20-57-27-5-3-24(4-6-27)25-17-26(37(52)43-8-7-40)19-28(18-25)58-21-30(45)42-10-12-54-14-16-56-39-36(51)34(49)32(47)23(2)60-39/h3-6,17-19,22-23,31-36,38-39,46-51H,7-16,20-21,40H2,1-2H3,(H,41,44)(H,42,45)(H,43,52)/t22-,23-,31-,32-,33+,34+,35+,36+,38+,39+/m0/s1. The van der Waals surface area contributed by atoms with Crippen LogP contribution in [0.5, 0.6) is 11.5 Å². The Balaban J connectivity index is 1.15. The highest BCUT2D eigenvalue weighted by Crippen LogP contribution is 2.28. The van der Waals surface area contributed by atoms with Crippen LogP contribution in [0.1, 0.15) is 24.2 Å². The molecule has 0 spiro atoms. The van der Waals surface area contributed by atoms with Crippen LogP contribution >= 0.6 is 0 Å². The lowest BCUT2D eigenvalue weighted by atomic mass is 10.0. The molecule has 11 N–H and O–H groups in total. The molecule has 2 fully saturated rings. The van der Waals surface area contributed by atoms with Crippen molar-refractivity contribution < 1.29 is 82.9 Å². The second kappa shape index (κ2) is 25.0. The van der Waals surface area contributed by atoms with Crippen molar-refractivity contribution in [1.82, 2.24) is 16.0 Å². The van der Waals surface area contributed by atoms with Crippen LogP contribution in [0.15, 0.2) is 42.5 Å². The number of nitrogens with one attached hydrogen (secondary N) is 3. The second-order valence-electron chi connectivity index (χ2n) is 13.9. The van der Waals surface area contributed by atoms with E-state index in [1.54, 1.807) is 50.2 Å². The number of hydrogen-bond acceptors (Lipinski definition) is 18. The number of aliphatic hydroxyl groups is 6. The lowest BCUT2D eigenvalue weighted by Crippen LogP contribution is -2.57. The van der Waals surface area contributed by atoms with Gasteiger partial charge in [0.15, 0.2) is 25.8 Å². The lowest BCUT2D eigenvalue weighted by Gasteiger charge is -2.38. The normalized spacial score (nSPS) is 26.6. The molecule has 2 aliphatic rings. The molecular weight excluding hydrogens is 796 g/mol. The van der Waals surface area contributed by atoms with Crippen LogP contribution in [0, 0.1) is 0 Å². The smallest absolute Gasteiger partial charge is 0.258 e. The highest BCUT2D eigenvalue weighted by Gasteiger charge is 2.43. The topological polar surface area (TPSA) is 309 Å². The minimum Gasteiger partial charge on any atom is -0.484 e. The number of benzene rings is 2. The third-order valence-corrected chi connectivity index (χ3v) is 9.30. The monoisotopic (exact) mass is 854 g/mol. The van der Waals surface area contributed by atoms with Crippen molar-refractivity contribution >= 4 is 17.7 Å². The van der Waals surface area contributed by atoms with Crippen molar-refractivity contribution in [2.75, 3.05) is 79.0 Å². The molecule has 0 aliphatic carbocycles. The number of ether oxygens (including phenoxy) is 8. The Labute approximate surface area is 346 Å². The lowest BCUT2D eigenvalue weighted by molar-refractivity contribution is -0.294. The minimum atomic E-state index is -1.42. The molecule has 4 rings (SSSR count). The molecule has 0 aromatic heterocycles. The van der Waals surface area contributed by atoms with E-state index in [1.807, 2.05) is 0 Å². The van der Waals surface area contributed by atoms with Gasteiger partial charge in [-0.3, -0.25) is 14.4 Å². The second-order valence-corrected chi connectivity index (χ2v) is 13.9. The summed E-state index contributed by atoms with van der Waals surface area (Å²) in [6, 6.07) is 11.6. The molecule has 2 aromatic carbocycles. The van der Waals surface area contributed by atoms with E-state index in [0.717, 1.165) is 0 Å². The number of carbonyl (C=O) groups excluding carboxylic acids is 3. The molecule has 21 heteroatoms. The number of carbonyl (C=O) groups is 3. The summed E-state index contributed by atoms with van der Waals surface area (Å²) >= 11 is 0. The summed E-state index contributed by atoms with van der Waals surface area (Å²) in [5, 5.41) is 67.3. The van der Waals surface area contributed by atoms with Crippen molar-refractivity contribution in [3.63, 3.8) is 0 Å². The van der Waals surface area contributed by atoms with Crippen molar-refractivity contribution in [3.8, 4) is 22.6 Å². The van der Waals surface area contributed by atoms with Crippen LogP contribution in [0.25, 0.3) is 11.1 Å². The van der Waals surface area contributed by atoms with Gasteiger partial charge in [-0.05, 0) is 55.3 Å². The van der Waals surface area contributed by atoms with E-state index < -0.39 is 67.3 Å². The SMILES string of the molecule is C[C@@H]1O[C@@H](OCCOCCNC(=O)COc2ccc(-c3cc(OCC(=O)NCCOCCO[C@@H]4O[C@@H](C)[C@H](O)[C@@H](O)[C@H]4O)cc(C(=O)NCCN)c3)cc2)[C@H](O)[C@H](O)[C@H]1O. The summed E-state index contributed by atoms with van der Waals surface area (Å²) in [6.07, 6.45) is -11.7. The molecule has 0 bridgehead atoms. The summed E-state index contributed by atoms with van der Waals surface area (Å²) in [5.41, 5.74) is 7.13. The first kappa shape index (κ1) is 48.6. The summed E-state index contributed by atoms with van der Waals surface area (Å²) in [7, 11) is 0. The van der Waals surface area contributed by atoms with E-state index in [1.165, 1.54) is 6.07 Å². The predicted molar refractivity (Wildman–Crippen MR) is 209 cm³/mol. The van der Waals surface area contributed by atoms with Gasteiger partial charge in [-0.25, -0.2) is 0 Å². The van der Waals surface area contributed by atoms with E-state index in [0.29, 0.717) is 16.9 Å². The van der Waals surface area contributed by atoms with Crippen molar-refractivity contribution in [2.24, 2.45) is 5.73 Å². The number of rotatable bonds is 24. The van der Waals surface area contributed by atoms with Gasteiger partial charge in [-0.15, -0.1) is 0 Å². The largest absolute Gasteiger partial charge is 0.484 e. The van der Waals surface area contributed by atoms with Gasteiger partial charge in [0, 0.05) is 31.7 Å². The van der Waals surface area contributed by atoms with E-state index in [9.17, 15) is 45.0 Å². The van der Waals surface area contributed by atoms with Gasteiger partial charge in [0.25, 0.3) is 17.7 Å². The van der Waals surface area contributed by atoms with Crippen molar-refractivity contribution in [3.05, 3.63) is 48.0 Å². The molecule has 60 heavy (non-hydrogen) atoms.